The first-order valence-electron chi connectivity index (χ1n) is 10.8. The van der Waals surface area contributed by atoms with Gasteiger partial charge in [-0.05, 0) is 37.6 Å². The molecule has 0 saturated carbocycles. The first kappa shape index (κ1) is 20.5. The van der Waals surface area contributed by atoms with E-state index in [0.717, 1.165) is 44.6 Å². The fourth-order valence-corrected chi connectivity index (χ4v) is 3.90. The van der Waals surface area contributed by atoms with Gasteiger partial charge in [0.05, 0.1) is 6.54 Å². The second-order valence-corrected chi connectivity index (χ2v) is 8.11. The molecule has 0 bridgehead atoms. The number of hydrogen-bond donors (Lipinski definition) is 1. The van der Waals surface area contributed by atoms with Crippen LogP contribution < -0.4 is 5.32 Å². The van der Waals surface area contributed by atoms with Gasteiger partial charge in [-0.2, -0.15) is 4.98 Å². The zero-order valence-electron chi connectivity index (χ0n) is 18.0. The van der Waals surface area contributed by atoms with Gasteiger partial charge in [0, 0.05) is 26.2 Å². The number of fused-ring (bicyclic) bond motifs is 1. The maximum absolute atomic E-state index is 12.5. The van der Waals surface area contributed by atoms with Crippen molar-refractivity contribution in [3.8, 4) is 0 Å². The summed E-state index contributed by atoms with van der Waals surface area (Å²) in [7, 11) is 2.09. The van der Waals surface area contributed by atoms with Crippen molar-refractivity contribution in [2.45, 2.75) is 12.8 Å². The minimum absolute atomic E-state index is 0.119. The average Bonchev–Trinajstić information content (AvgIpc) is 3.23. The van der Waals surface area contributed by atoms with Crippen molar-refractivity contribution < 1.29 is 14.3 Å². The number of hydrogen-bond acceptors (Lipinski definition) is 7. The van der Waals surface area contributed by atoms with Crippen LogP contribution in [0.4, 0.5) is 5.95 Å². The monoisotopic (exact) mass is 434 g/mol. The topological polar surface area (TPSA) is 84.2 Å². The van der Waals surface area contributed by atoms with Gasteiger partial charge < -0.3 is 14.4 Å². The van der Waals surface area contributed by atoms with Crippen LogP contribution in [0.1, 0.15) is 18.5 Å². The van der Waals surface area contributed by atoms with Crippen LogP contribution in [0.15, 0.2) is 60.3 Å². The van der Waals surface area contributed by atoms with Gasteiger partial charge in [-0.25, -0.2) is 4.52 Å². The number of rotatable bonds is 5. The summed E-state index contributed by atoms with van der Waals surface area (Å²) in [5.41, 5.74) is 2.38. The van der Waals surface area contributed by atoms with Crippen LogP contribution >= 0.6 is 0 Å². The normalized spacial score (nSPS) is 19.6. The maximum atomic E-state index is 12.5. The fourth-order valence-electron chi connectivity index (χ4n) is 3.90. The standard InChI is InChI=1S/C23H26N6O3/c1-27-10-12-28(13-11-27)14-22(30)25-23-24-21-9-5-8-18(29(21)26-23)20-16-31-15-19(32-20)17-6-3-2-4-7-17/h2-3,5-6,8-9,15-16H,4,7,10-14H2,1H3,(H,25,26,30). The lowest BCUT2D eigenvalue weighted by Crippen LogP contribution is -2.47. The predicted molar refractivity (Wildman–Crippen MR) is 120 cm³/mol. The molecule has 0 atom stereocenters. The van der Waals surface area contributed by atoms with Crippen molar-refractivity contribution in [1.82, 2.24) is 24.4 Å². The Kier molecular flexibility index (Phi) is 5.74. The Labute approximate surface area is 186 Å². The van der Waals surface area contributed by atoms with Crippen molar-refractivity contribution in [2.24, 2.45) is 0 Å². The molecule has 0 spiro atoms. The van der Waals surface area contributed by atoms with Gasteiger partial charge in [-0.3, -0.25) is 15.0 Å². The van der Waals surface area contributed by atoms with Gasteiger partial charge in [0.2, 0.25) is 11.9 Å². The molecule has 1 N–H and O–H groups in total. The Morgan fingerprint density at radius 1 is 1.16 bits per heavy atom. The van der Waals surface area contributed by atoms with E-state index in [1.807, 2.05) is 30.4 Å². The number of carbonyl (C=O) groups excluding carboxylic acids is 1. The molecule has 5 rings (SSSR count). The van der Waals surface area contributed by atoms with Crippen LogP contribution in [-0.4, -0.2) is 70.1 Å². The average molecular weight is 435 g/mol. The summed E-state index contributed by atoms with van der Waals surface area (Å²) >= 11 is 0. The number of carbonyl (C=O) groups is 1. The molecule has 9 heteroatoms. The van der Waals surface area contributed by atoms with Crippen LogP contribution in [0.25, 0.3) is 11.4 Å². The van der Waals surface area contributed by atoms with Gasteiger partial charge in [0.25, 0.3) is 0 Å². The third-order valence-electron chi connectivity index (χ3n) is 5.73. The number of allylic oxidation sites excluding steroid dienone is 4. The van der Waals surface area contributed by atoms with Gasteiger partial charge in [-0.1, -0.05) is 24.3 Å². The number of likely N-dealkylation sites (N-methyl/N-ethyl adjacent to an activating group) is 1. The highest BCUT2D eigenvalue weighted by molar-refractivity contribution is 5.90. The number of aromatic nitrogens is 3. The highest BCUT2D eigenvalue weighted by Crippen LogP contribution is 2.30. The summed E-state index contributed by atoms with van der Waals surface area (Å²) in [6, 6.07) is 5.59. The summed E-state index contributed by atoms with van der Waals surface area (Å²) in [5, 5.41) is 7.32. The first-order valence-corrected chi connectivity index (χ1v) is 10.8. The van der Waals surface area contributed by atoms with E-state index in [9.17, 15) is 4.79 Å². The van der Waals surface area contributed by atoms with Crippen LogP contribution in [0, 0.1) is 0 Å². The van der Waals surface area contributed by atoms with Gasteiger partial charge in [-0.15, -0.1) is 5.10 Å². The molecule has 2 aliphatic heterocycles. The van der Waals surface area contributed by atoms with E-state index >= 15 is 0 Å². The molecule has 1 fully saturated rings. The highest BCUT2D eigenvalue weighted by Gasteiger charge is 2.21. The number of piperazine rings is 1. The molecule has 1 amide bonds. The second kappa shape index (κ2) is 8.97. The first-order chi connectivity index (χ1) is 15.7. The van der Waals surface area contributed by atoms with Gasteiger partial charge >= 0.3 is 0 Å². The van der Waals surface area contributed by atoms with Crippen molar-refractivity contribution in [1.29, 1.82) is 0 Å². The maximum Gasteiger partial charge on any atom is 0.249 e. The summed E-state index contributed by atoms with van der Waals surface area (Å²) in [6.07, 6.45) is 11.2. The van der Waals surface area contributed by atoms with Gasteiger partial charge in [0.15, 0.2) is 17.2 Å². The molecule has 0 aromatic carbocycles. The van der Waals surface area contributed by atoms with E-state index in [1.165, 1.54) is 0 Å². The van der Waals surface area contributed by atoms with Crippen molar-refractivity contribution in [3.63, 3.8) is 0 Å². The van der Waals surface area contributed by atoms with E-state index in [2.05, 4.69) is 38.3 Å². The molecule has 2 aromatic heterocycles. The smallest absolute Gasteiger partial charge is 0.249 e. The lowest BCUT2D eigenvalue weighted by molar-refractivity contribution is -0.117. The summed E-state index contributed by atoms with van der Waals surface area (Å²) in [6.45, 7) is 4.00. The van der Waals surface area contributed by atoms with E-state index in [-0.39, 0.29) is 11.9 Å². The van der Waals surface area contributed by atoms with E-state index in [4.69, 9.17) is 9.47 Å². The number of anilines is 1. The fraction of sp³-hybridized carbons (Fsp3) is 0.348. The van der Waals surface area contributed by atoms with Crippen molar-refractivity contribution in [2.75, 3.05) is 45.1 Å². The Morgan fingerprint density at radius 2 is 2.00 bits per heavy atom. The summed E-state index contributed by atoms with van der Waals surface area (Å²) in [4.78, 5) is 21.4. The van der Waals surface area contributed by atoms with Crippen LogP contribution in [0.2, 0.25) is 0 Å². The lowest BCUT2D eigenvalue weighted by atomic mass is 10.0. The second-order valence-electron chi connectivity index (χ2n) is 8.11. The Balaban J connectivity index is 1.30. The van der Waals surface area contributed by atoms with Crippen molar-refractivity contribution >= 4 is 23.3 Å². The number of pyridine rings is 1. The Morgan fingerprint density at radius 3 is 2.81 bits per heavy atom. The van der Waals surface area contributed by atoms with E-state index in [1.54, 1.807) is 17.0 Å². The summed E-state index contributed by atoms with van der Waals surface area (Å²) < 4.78 is 13.3. The molecule has 1 aliphatic carbocycles. The zero-order chi connectivity index (χ0) is 21.9. The quantitative estimate of drug-likeness (QED) is 0.774. The minimum Gasteiger partial charge on any atom is -0.465 e. The molecule has 32 heavy (non-hydrogen) atoms. The SMILES string of the molecule is CN1CCN(CC(=O)Nc2nc3cccc(C4=COC=C(C5=CC=CCC5)O4)n3n2)CC1. The molecule has 0 unspecified atom stereocenters. The number of nitrogens with zero attached hydrogens (tertiary/aromatic N) is 5. The molecule has 4 heterocycles. The molecular formula is C23H26N6O3. The molecule has 3 aliphatic rings. The van der Waals surface area contributed by atoms with E-state index in [0.29, 0.717) is 29.4 Å². The molecule has 2 aromatic rings. The highest BCUT2D eigenvalue weighted by atomic mass is 16.5. The van der Waals surface area contributed by atoms with Crippen LogP contribution in [-0.2, 0) is 14.3 Å². The molecule has 1 saturated heterocycles. The van der Waals surface area contributed by atoms with Crippen LogP contribution in [0.3, 0.4) is 0 Å². The van der Waals surface area contributed by atoms with Crippen LogP contribution in [0.5, 0.6) is 0 Å². The van der Waals surface area contributed by atoms with Crippen molar-refractivity contribution in [3.05, 3.63) is 66.0 Å². The number of ether oxygens (including phenoxy) is 2. The third kappa shape index (κ3) is 4.44. The Hall–Kier alpha value is -3.43. The molecule has 9 nitrogen and oxygen atoms in total. The number of nitrogens with one attached hydrogen (secondary N) is 1. The number of amides is 1. The predicted octanol–water partition coefficient (Wildman–Crippen LogP) is 2.38. The van der Waals surface area contributed by atoms with Gasteiger partial charge in [0.1, 0.15) is 18.2 Å². The summed E-state index contributed by atoms with van der Waals surface area (Å²) in [5.74, 6) is 1.37. The Bertz CT molecular complexity index is 1140. The largest absolute Gasteiger partial charge is 0.465 e. The molecular weight excluding hydrogens is 408 g/mol. The lowest BCUT2D eigenvalue weighted by Gasteiger charge is -2.31. The third-order valence-corrected chi connectivity index (χ3v) is 5.73. The molecule has 0 radical (unpaired) electrons. The zero-order valence-corrected chi connectivity index (χ0v) is 18.0. The minimum atomic E-state index is -0.119. The molecule has 166 valence electrons. The van der Waals surface area contributed by atoms with E-state index < -0.39 is 0 Å².